The topological polar surface area (TPSA) is 42.7 Å². The fraction of sp³-hybridized carbons (Fsp3) is 0.400. The minimum absolute atomic E-state index is 0.813. The van der Waals surface area contributed by atoms with Crippen LogP contribution in [0, 0.1) is 0 Å². The van der Waals surface area contributed by atoms with Crippen molar-refractivity contribution in [2.45, 2.75) is 13.0 Å². The normalized spacial score (nSPS) is 10.7. The van der Waals surface area contributed by atoms with Gasteiger partial charge in [0.1, 0.15) is 5.82 Å². The molecule has 1 N–H and O–H groups in total. The van der Waals surface area contributed by atoms with Crippen LogP contribution in [0.5, 0.6) is 0 Å². The summed E-state index contributed by atoms with van der Waals surface area (Å²) < 4.78 is 2.02. The van der Waals surface area contributed by atoms with Crippen LogP contribution in [0.3, 0.4) is 0 Å². The van der Waals surface area contributed by atoms with Gasteiger partial charge in [0.25, 0.3) is 0 Å². The van der Waals surface area contributed by atoms with Gasteiger partial charge in [-0.15, -0.1) is 11.3 Å². The first kappa shape index (κ1) is 10.3. The van der Waals surface area contributed by atoms with Gasteiger partial charge in [-0.1, -0.05) is 0 Å². The molecule has 0 fully saturated rings. The summed E-state index contributed by atoms with van der Waals surface area (Å²) in [5.74, 6) is 1.06. The Morgan fingerprint density at radius 3 is 3.07 bits per heavy atom. The third-order valence-electron chi connectivity index (χ3n) is 2.25. The molecule has 15 heavy (non-hydrogen) atoms. The smallest absolute Gasteiger partial charge is 0.122 e. The van der Waals surface area contributed by atoms with Gasteiger partial charge < -0.3 is 9.88 Å². The predicted molar refractivity (Wildman–Crippen MR) is 60.7 cm³/mol. The standard InChI is InChI=1S/C10H14N4S/c1-14-5-4-12-10(14)6-11-3-2-9-7-15-8-13-9/h4-5,7-8,11H,2-3,6H2,1H3. The molecule has 0 bridgehead atoms. The number of hydrogen-bond donors (Lipinski definition) is 1. The van der Waals surface area contributed by atoms with Crippen LogP contribution in [-0.4, -0.2) is 21.1 Å². The van der Waals surface area contributed by atoms with Crippen molar-refractivity contribution < 1.29 is 0 Å². The van der Waals surface area contributed by atoms with Crippen molar-refractivity contribution in [1.82, 2.24) is 19.9 Å². The molecule has 80 valence electrons. The Labute approximate surface area is 93.0 Å². The number of imidazole rings is 1. The Morgan fingerprint density at radius 2 is 2.40 bits per heavy atom. The summed E-state index contributed by atoms with van der Waals surface area (Å²) in [5.41, 5.74) is 3.03. The second-order valence-corrected chi connectivity index (χ2v) is 4.08. The fourth-order valence-electron chi connectivity index (χ4n) is 1.34. The Hall–Kier alpha value is -1.20. The first-order valence-corrected chi connectivity index (χ1v) is 5.84. The average molecular weight is 222 g/mol. The monoisotopic (exact) mass is 222 g/mol. The van der Waals surface area contributed by atoms with E-state index in [9.17, 15) is 0 Å². The molecule has 0 spiro atoms. The van der Waals surface area contributed by atoms with Gasteiger partial charge in [0.15, 0.2) is 0 Å². The molecule has 2 aromatic rings. The molecule has 5 heteroatoms. The second kappa shape index (κ2) is 5.04. The van der Waals surface area contributed by atoms with Crippen molar-refractivity contribution in [2.75, 3.05) is 6.54 Å². The second-order valence-electron chi connectivity index (χ2n) is 3.36. The maximum Gasteiger partial charge on any atom is 0.122 e. The molecule has 4 nitrogen and oxygen atoms in total. The van der Waals surface area contributed by atoms with Crippen LogP contribution in [0.25, 0.3) is 0 Å². The van der Waals surface area contributed by atoms with E-state index >= 15 is 0 Å². The molecular weight excluding hydrogens is 208 g/mol. The first-order valence-electron chi connectivity index (χ1n) is 4.90. The van der Waals surface area contributed by atoms with Gasteiger partial charge in [-0.25, -0.2) is 9.97 Å². The van der Waals surface area contributed by atoms with Gasteiger partial charge in [-0.05, 0) is 0 Å². The van der Waals surface area contributed by atoms with Crippen LogP contribution in [0.4, 0.5) is 0 Å². The van der Waals surface area contributed by atoms with Crippen molar-refractivity contribution in [2.24, 2.45) is 7.05 Å². The van der Waals surface area contributed by atoms with E-state index in [0.717, 1.165) is 31.0 Å². The van der Waals surface area contributed by atoms with Gasteiger partial charge in [-0.2, -0.15) is 0 Å². The van der Waals surface area contributed by atoms with Gasteiger partial charge in [0.2, 0.25) is 0 Å². The van der Waals surface area contributed by atoms with Gasteiger partial charge in [-0.3, -0.25) is 0 Å². The molecule has 2 rings (SSSR count). The van der Waals surface area contributed by atoms with E-state index in [-0.39, 0.29) is 0 Å². The van der Waals surface area contributed by atoms with Gasteiger partial charge in [0, 0.05) is 37.8 Å². The molecule has 0 saturated heterocycles. The van der Waals surface area contributed by atoms with E-state index in [0.29, 0.717) is 0 Å². The lowest BCUT2D eigenvalue weighted by atomic mass is 10.3. The summed E-state index contributed by atoms with van der Waals surface area (Å²) in [6.07, 6.45) is 4.75. The van der Waals surface area contributed by atoms with Gasteiger partial charge in [0.05, 0.1) is 17.7 Å². The quantitative estimate of drug-likeness (QED) is 0.773. The summed E-state index contributed by atoms with van der Waals surface area (Å²) in [6, 6.07) is 0. The molecule has 0 aromatic carbocycles. The third-order valence-corrected chi connectivity index (χ3v) is 2.88. The average Bonchev–Trinajstić information content (AvgIpc) is 2.85. The zero-order valence-corrected chi connectivity index (χ0v) is 9.50. The van der Waals surface area contributed by atoms with E-state index in [1.165, 1.54) is 0 Å². The number of nitrogens with one attached hydrogen (secondary N) is 1. The molecule has 0 aliphatic rings. The molecule has 0 amide bonds. The van der Waals surface area contributed by atoms with Gasteiger partial charge >= 0.3 is 0 Å². The zero-order chi connectivity index (χ0) is 10.5. The lowest BCUT2D eigenvalue weighted by molar-refractivity contribution is 0.634. The lowest BCUT2D eigenvalue weighted by Gasteiger charge is -2.03. The van der Waals surface area contributed by atoms with Crippen LogP contribution < -0.4 is 5.32 Å². The lowest BCUT2D eigenvalue weighted by Crippen LogP contribution is -2.19. The highest BCUT2D eigenvalue weighted by molar-refractivity contribution is 7.07. The van der Waals surface area contributed by atoms with Crippen molar-refractivity contribution in [3.05, 3.63) is 34.8 Å². The molecule has 2 heterocycles. The Morgan fingerprint density at radius 1 is 1.47 bits per heavy atom. The van der Waals surface area contributed by atoms with Crippen LogP contribution >= 0.6 is 11.3 Å². The summed E-state index contributed by atoms with van der Waals surface area (Å²) in [5, 5.41) is 5.43. The highest BCUT2D eigenvalue weighted by atomic mass is 32.1. The third kappa shape index (κ3) is 2.87. The van der Waals surface area contributed by atoms with Crippen LogP contribution in [0.1, 0.15) is 11.5 Å². The number of rotatable bonds is 5. The minimum Gasteiger partial charge on any atom is -0.337 e. The van der Waals surface area contributed by atoms with E-state index in [1.807, 2.05) is 29.5 Å². The van der Waals surface area contributed by atoms with Crippen LogP contribution in [0.15, 0.2) is 23.3 Å². The summed E-state index contributed by atoms with van der Waals surface area (Å²) in [4.78, 5) is 8.46. The van der Waals surface area contributed by atoms with E-state index in [1.54, 1.807) is 11.3 Å². The molecule has 0 saturated carbocycles. The van der Waals surface area contributed by atoms with E-state index in [2.05, 4.69) is 20.7 Å². The zero-order valence-electron chi connectivity index (χ0n) is 8.68. The Bertz CT molecular complexity index is 393. The predicted octanol–water partition coefficient (Wildman–Crippen LogP) is 1.21. The van der Waals surface area contributed by atoms with Crippen molar-refractivity contribution in [1.29, 1.82) is 0 Å². The molecule has 0 aliphatic carbocycles. The van der Waals surface area contributed by atoms with Crippen molar-refractivity contribution in [3.63, 3.8) is 0 Å². The summed E-state index contributed by atoms with van der Waals surface area (Å²) in [7, 11) is 2.00. The highest BCUT2D eigenvalue weighted by Crippen LogP contribution is 2.00. The van der Waals surface area contributed by atoms with E-state index < -0.39 is 0 Å². The first-order chi connectivity index (χ1) is 7.36. The number of hydrogen-bond acceptors (Lipinski definition) is 4. The number of nitrogens with zero attached hydrogens (tertiary/aromatic N) is 3. The number of aryl methyl sites for hydroxylation is 1. The Balaban J connectivity index is 1.70. The van der Waals surface area contributed by atoms with Crippen molar-refractivity contribution >= 4 is 11.3 Å². The largest absolute Gasteiger partial charge is 0.337 e. The van der Waals surface area contributed by atoms with Crippen LogP contribution in [0.2, 0.25) is 0 Å². The molecule has 0 atom stereocenters. The fourth-order valence-corrected chi connectivity index (χ4v) is 1.94. The summed E-state index contributed by atoms with van der Waals surface area (Å²) in [6.45, 7) is 1.75. The maximum absolute atomic E-state index is 4.24. The molecule has 0 aliphatic heterocycles. The van der Waals surface area contributed by atoms with Crippen molar-refractivity contribution in [3.8, 4) is 0 Å². The SMILES string of the molecule is Cn1ccnc1CNCCc1cscn1. The molecule has 0 radical (unpaired) electrons. The highest BCUT2D eigenvalue weighted by Gasteiger charge is 1.98. The Kier molecular flexibility index (Phi) is 3.47. The molecular formula is C10H14N4S. The molecule has 2 aromatic heterocycles. The number of aromatic nitrogens is 3. The summed E-state index contributed by atoms with van der Waals surface area (Å²) >= 11 is 1.64. The van der Waals surface area contributed by atoms with E-state index in [4.69, 9.17) is 0 Å². The van der Waals surface area contributed by atoms with Crippen LogP contribution in [-0.2, 0) is 20.0 Å². The number of thiazole rings is 1. The maximum atomic E-state index is 4.24. The molecule has 0 unspecified atom stereocenters. The minimum atomic E-state index is 0.813.